The number of esters is 2. The minimum absolute atomic E-state index is 0.0156. The zero-order valence-corrected chi connectivity index (χ0v) is 29.9. The lowest BCUT2D eigenvalue weighted by molar-refractivity contribution is -0.341. The maximum absolute atomic E-state index is 15.2. The molecule has 7 atom stereocenters. The van der Waals surface area contributed by atoms with Gasteiger partial charge in [0.25, 0.3) is 0 Å². The smallest absolute Gasteiger partial charge is 0.338 e. The van der Waals surface area contributed by atoms with E-state index in [9.17, 15) is 14.7 Å². The number of allylic oxidation sites excluding steroid dienone is 1. The fourth-order valence-corrected chi connectivity index (χ4v) is 12.0. The lowest BCUT2D eigenvalue weighted by Crippen LogP contribution is -2.81. The maximum Gasteiger partial charge on any atom is 0.338 e. The summed E-state index contributed by atoms with van der Waals surface area (Å²) < 4.78 is 26.2. The van der Waals surface area contributed by atoms with Gasteiger partial charge in [-0.05, 0) is 55.3 Å². The summed E-state index contributed by atoms with van der Waals surface area (Å²) in [5, 5.41) is 13.3. The number of ketones is 1. The van der Waals surface area contributed by atoms with Crippen LogP contribution in [-0.4, -0.2) is 80.0 Å². The zero-order valence-electron chi connectivity index (χ0n) is 28.9. The standard InChI is InChI=1S/C36H51NO8Si/c1-10-46(11-2,12-3)45-28-19-29-35(21-42-29,44-23(5)38)30-31(43-32(40)24-16-14-13-15-17-24)36(41)20-26(37-9)22(4)25(33(36,6)7)18-27(39)34(28,30)8/h13-17,28-31,41H,10-12,18-21H2,1-9H3/t28-,29+,30-,31-,34+,35-,36+/m0/s1. The molecule has 5 rings (SSSR count). The van der Waals surface area contributed by atoms with Crippen molar-refractivity contribution >= 4 is 31.8 Å². The van der Waals surface area contributed by atoms with E-state index in [4.69, 9.17) is 18.6 Å². The average Bonchev–Trinajstić information content (AvgIpc) is 3.02. The number of hydrogen-bond acceptors (Lipinski definition) is 9. The summed E-state index contributed by atoms with van der Waals surface area (Å²) in [6, 6.07) is 11.2. The first kappa shape index (κ1) is 34.7. The Hall–Kier alpha value is -2.66. The van der Waals surface area contributed by atoms with Gasteiger partial charge in [-0.3, -0.25) is 14.6 Å². The second kappa shape index (κ2) is 12.1. The first-order valence-corrected chi connectivity index (χ1v) is 19.3. The van der Waals surface area contributed by atoms with E-state index in [2.05, 4.69) is 25.8 Å². The van der Waals surface area contributed by atoms with Crippen molar-refractivity contribution in [2.75, 3.05) is 13.7 Å². The first-order chi connectivity index (χ1) is 21.6. The highest BCUT2D eigenvalue weighted by atomic mass is 28.4. The summed E-state index contributed by atoms with van der Waals surface area (Å²) in [5.41, 5.74) is -2.76. The molecule has 2 bridgehead atoms. The Balaban J connectivity index is 1.83. The van der Waals surface area contributed by atoms with Crippen molar-refractivity contribution in [1.82, 2.24) is 0 Å². The fraction of sp³-hybridized carbons (Fsp3) is 0.667. The number of carbonyl (C=O) groups is 3. The van der Waals surface area contributed by atoms with Crippen LogP contribution in [0.25, 0.3) is 0 Å². The Bertz CT molecular complexity index is 1440. The van der Waals surface area contributed by atoms with Crippen LogP contribution < -0.4 is 0 Å². The molecule has 1 aromatic rings. The van der Waals surface area contributed by atoms with Gasteiger partial charge in [-0.25, -0.2) is 4.79 Å². The minimum atomic E-state index is -2.30. The van der Waals surface area contributed by atoms with Gasteiger partial charge in [0.1, 0.15) is 23.6 Å². The summed E-state index contributed by atoms with van der Waals surface area (Å²) in [6.07, 6.45) is -2.00. The average molecular weight is 654 g/mol. The summed E-state index contributed by atoms with van der Waals surface area (Å²) in [6.45, 7) is 15.4. The van der Waals surface area contributed by atoms with Gasteiger partial charge in [-0.2, -0.15) is 0 Å². The lowest BCUT2D eigenvalue weighted by atomic mass is 9.45. The van der Waals surface area contributed by atoms with E-state index in [1.165, 1.54) is 6.92 Å². The first-order valence-electron chi connectivity index (χ1n) is 16.8. The predicted octanol–water partition coefficient (Wildman–Crippen LogP) is 5.85. The predicted molar refractivity (Wildman–Crippen MR) is 177 cm³/mol. The van der Waals surface area contributed by atoms with Crippen LogP contribution in [0.5, 0.6) is 0 Å². The molecule has 46 heavy (non-hydrogen) atoms. The number of hydrogen-bond donors (Lipinski definition) is 1. The number of benzene rings is 1. The third-order valence-electron chi connectivity index (χ3n) is 12.4. The summed E-state index contributed by atoms with van der Waals surface area (Å²) in [7, 11) is -0.630. The van der Waals surface area contributed by atoms with E-state index in [1.54, 1.807) is 31.3 Å². The molecule has 0 unspecified atom stereocenters. The van der Waals surface area contributed by atoms with Crippen molar-refractivity contribution in [2.45, 2.75) is 122 Å². The molecule has 0 spiro atoms. The van der Waals surface area contributed by atoms with Crippen LogP contribution in [0.4, 0.5) is 0 Å². The Labute approximate surface area is 274 Å². The Morgan fingerprint density at radius 1 is 1.09 bits per heavy atom. The number of ether oxygens (including phenoxy) is 3. The molecule has 1 aliphatic heterocycles. The van der Waals surface area contributed by atoms with Crippen LogP contribution in [-0.2, 0) is 28.2 Å². The molecule has 10 heteroatoms. The van der Waals surface area contributed by atoms with E-state index < -0.39 is 66.5 Å². The minimum Gasteiger partial charge on any atom is -0.455 e. The zero-order chi connectivity index (χ0) is 33.9. The number of nitrogens with zero attached hydrogens (tertiary/aromatic N) is 1. The second-order valence-corrected chi connectivity index (χ2v) is 19.2. The van der Waals surface area contributed by atoms with Crippen molar-refractivity contribution in [2.24, 2.45) is 21.7 Å². The molecule has 1 aromatic carbocycles. The molecule has 252 valence electrons. The maximum atomic E-state index is 15.2. The summed E-state index contributed by atoms with van der Waals surface area (Å²) in [5.74, 6) is -2.22. The second-order valence-electron chi connectivity index (χ2n) is 14.5. The van der Waals surface area contributed by atoms with E-state index in [1.807, 2.05) is 33.8 Å². The third-order valence-corrected chi connectivity index (χ3v) is 17.0. The van der Waals surface area contributed by atoms with Gasteiger partial charge >= 0.3 is 11.9 Å². The Morgan fingerprint density at radius 3 is 2.24 bits per heavy atom. The SMILES string of the molecule is CC[Si](CC)(CC)O[C@H]1C[C@H]2OC[C@@]2(OC(C)=O)[C@H]2[C@H](OC(=O)c3ccccc3)[C@]3(O)CC(=NC)C(C)=C(CC(=O)[C@]12C)C3(C)C. The van der Waals surface area contributed by atoms with Crippen LogP contribution in [0.15, 0.2) is 46.5 Å². The Morgan fingerprint density at radius 2 is 1.72 bits per heavy atom. The number of aliphatic hydroxyl groups is 1. The molecule has 0 amide bonds. The topological polar surface area (TPSA) is 121 Å². The molecule has 3 aliphatic carbocycles. The number of carbonyl (C=O) groups excluding carboxylic acids is 3. The van der Waals surface area contributed by atoms with Gasteiger partial charge in [-0.1, -0.05) is 52.8 Å². The number of Topliss-reactive ketones (excluding diaryl/α,β-unsaturated/α-hetero) is 1. The molecule has 1 heterocycles. The highest BCUT2D eigenvalue weighted by Crippen LogP contribution is 2.64. The van der Waals surface area contributed by atoms with Crippen molar-refractivity contribution in [3.05, 3.63) is 47.0 Å². The molecule has 2 saturated carbocycles. The molecule has 0 aromatic heterocycles. The monoisotopic (exact) mass is 653 g/mol. The van der Waals surface area contributed by atoms with Gasteiger partial charge in [0.2, 0.25) is 0 Å². The van der Waals surface area contributed by atoms with Gasteiger partial charge in [0.05, 0.1) is 29.6 Å². The number of aliphatic imine (C=N–C) groups is 1. The van der Waals surface area contributed by atoms with E-state index in [0.717, 1.165) is 29.3 Å². The van der Waals surface area contributed by atoms with E-state index in [-0.39, 0.29) is 25.2 Å². The lowest BCUT2D eigenvalue weighted by Gasteiger charge is -2.67. The Kier molecular flexibility index (Phi) is 9.12. The molecule has 0 radical (unpaired) electrons. The van der Waals surface area contributed by atoms with Crippen molar-refractivity contribution in [3.8, 4) is 0 Å². The third kappa shape index (κ3) is 4.97. The molecule has 1 N–H and O–H groups in total. The largest absolute Gasteiger partial charge is 0.455 e. The molecule has 9 nitrogen and oxygen atoms in total. The molecular formula is C36H51NO8Si. The van der Waals surface area contributed by atoms with Crippen LogP contribution >= 0.6 is 0 Å². The van der Waals surface area contributed by atoms with Crippen molar-refractivity contribution in [3.63, 3.8) is 0 Å². The van der Waals surface area contributed by atoms with Gasteiger partial charge in [-0.15, -0.1) is 0 Å². The van der Waals surface area contributed by atoms with Crippen LogP contribution in [0.3, 0.4) is 0 Å². The molecule has 1 saturated heterocycles. The quantitative estimate of drug-likeness (QED) is 0.274. The molecule has 3 fully saturated rings. The van der Waals surface area contributed by atoms with Gasteiger partial charge in [0.15, 0.2) is 13.9 Å². The number of rotatable bonds is 8. The summed E-state index contributed by atoms with van der Waals surface area (Å²) in [4.78, 5) is 46.7. The summed E-state index contributed by atoms with van der Waals surface area (Å²) >= 11 is 0. The van der Waals surface area contributed by atoms with E-state index in [0.29, 0.717) is 17.7 Å². The number of fused-ring (bicyclic) bond motifs is 5. The molecule has 4 aliphatic rings. The highest BCUT2D eigenvalue weighted by Gasteiger charge is 2.77. The van der Waals surface area contributed by atoms with E-state index >= 15 is 4.79 Å². The van der Waals surface area contributed by atoms with Gasteiger partial charge in [0, 0.05) is 44.4 Å². The van der Waals surface area contributed by atoms with Crippen LogP contribution in [0, 0.1) is 16.7 Å². The van der Waals surface area contributed by atoms with Crippen molar-refractivity contribution in [1.29, 1.82) is 0 Å². The fourth-order valence-electron chi connectivity index (χ4n) is 9.01. The van der Waals surface area contributed by atoms with Crippen LogP contribution in [0.1, 0.15) is 85.0 Å². The highest BCUT2D eigenvalue weighted by molar-refractivity contribution is 6.73. The van der Waals surface area contributed by atoms with Crippen molar-refractivity contribution < 1.29 is 38.1 Å². The normalized spacial score (nSPS) is 36.1. The van der Waals surface area contributed by atoms with Crippen LogP contribution in [0.2, 0.25) is 18.1 Å². The van der Waals surface area contributed by atoms with Gasteiger partial charge < -0.3 is 23.7 Å². The molecular weight excluding hydrogens is 602 g/mol.